The van der Waals surface area contributed by atoms with Crippen molar-refractivity contribution in [2.24, 2.45) is 0 Å². The Kier molecular flexibility index (Phi) is 5.78. The molecule has 0 aliphatic heterocycles. The van der Waals surface area contributed by atoms with Crippen LogP contribution < -0.4 is 10.1 Å². The highest BCUT2D eigenvalue weighted by molar-refractivity contribution is 5.78. The Bertz CT molecular complexity index is 708. The average Bonchev–Trinajstić information content (AvgIpc) is 2.62. The molecule has 0 atom stereocenters. The van der Waals surface area contributed by atoms with Gasteiger partial charge in [-0.3, -0.25) is 0 Å². The van der Waals surface area contributed by atoms with Crippen LogP contribution in [-0.4, -0.2) is 12.0 Å². The maximum Gasteiger partial charge on any atom is 0.130 e. The van der Waals surface area contributed by atoms with Gasteiger partial charge in [0.15, 0.2) is 0 Å². The number of rotatable bonds is 4. The third-order valence-corrected chi connectivity index (χ3v) is 3.19. The number of para-hydroxylation sites is 1. The third kappa shape index (κ3) is 3.98. The molecule has 0 unspecified atom stereocenters. The van der Waals surface area contributed by atoms with Crippen molar-refractivity contribution in [1.29, 1.82) is 0 Å². The lowest BCUT2D eigenvalue weighted by atomic mass is 10.2. The van der Waals surface area contributed by atoms with Crippen LogP contribution >= 0.6 is 0 Å². The zero-order valence-electron chi connectivity index (χ0n) is 13.3. The summed E-state index contributed by atoms with van der Waals surface area (Å²) in [6.07, 6.45) is 0. The van der Waals surface area contributed by atoms with E-state index in [1.54, 1.807) is 0 Å². The molecule has 114 valence electrons. The van der Waals surface area contributed by atoms with E-state index in [2.05, 4.69) is 22.4 Å². The highest BCUT2D eigenvalue weighted by atomic mass is 16.5. The summed E-state index contributed by atoms with van der Waals surface area (Å²) >= 11 is 0. The van der Waals surface area contributed by atoms with E-state index in [1.165, 1.54) is 0 Å². The van der Waals surface area contributed by atoms with Gasteiger partial charge in [0.1, 0.15) is 12.4 Å². The van der Waals surface area contributed by atoms with Crippen LogP contribution in [0.1, 0.15) is 19.5 Å². The van der Waals surface area contributed by atoms with E-state index in [0.29, 0.717) is 6.61 Å². The van der Waals surface area contributed by atoms with E-state index in [4.69, 9.17) is 4.74 Å². The summed E-state index contributed by atoms with van der Waals surface area (Å²) in [4.78, 5) is 4.59. The minimum absolute atomic E-state index is 0.476. The summed E-state index contributed by atoms with van der Waals surface area (Å²) in [7, 11) is 1.90. The van der Waals surface area contributed by atoms with Crippen molar-refractivity contribution in [2.45, 2.75) is 20.5 Å². The molecule has 0 aliphatic carbocycles. The van der Waals surface area contributed by atoms with Crippen molar-refractivity contribution in [3.63, 3.8) is 0 Å². The van der Waals surface area contributed by atoms with E-state index in [0.717, 1.165) is 28.0 Å². The first-order valence-corrected chi connectivity index (χ1v) is 7.60. The lowest BCUT2D eigenvalue weighted by molar-refractivity contribution is 0.302. The minimum Gasteiger partial charge on any atom is -0.487 e. The van der Waals surface area contributed by atoms with Crippen LogP contribution in [0.2, 0.25) is 0 Å². The number of nitrogens with zero attached hydrogens (tertiary/aromatic N) is 1. The summed E-state index contributed by atoms with van der Waals surface area (Å²) < 4.78 is 5.75. The number of aromatic nitrogens is 1. The summed E-state index contributed by atoms with van der Waals surface area (Å²) in [5, 5.41) is 4.23. The normalized spacial score (nSPS) is 9.77. The molecule has 1 aromatic heterocycles. The zero-order valence-corrected chi connectivity index (χ0v) is 13.3. The molecule has 0 spiro atoms. The van der Waals surface area contributed by atoms with Gasteiger partial charge in [-0.25, -0.2) is 4.98 Å². The largest absolute Gasteiger partial charge is 0.487 e. The number of anilines is 1. The molecular weight excluding hydrogens is 272 g/mol. The molecule has 0 amide bonds. The van der Waals surface area contributed by atoms with Crippen LogP contribution in [0.5, 0.6) is 5.75 Å². The third-order valence-electron chi connectivity index (χ3n) is 3.19. The fourth-order valence-electron chi connectivity index (χ4n) is 2.06. The summed E-state index contributed by atoms with van der Waals surface area (Å²) in [6.45, 7) is 4.48. The van der Waals surface area contributed by atoms with Crippen molar-refractivity contribution in [1.82, 2.24) is 4.98 Å². The van der Waals surface area contributed by atoms with Gasteiger partial charge < -0.3 is 10.1 Å². The second kappa shape index (κ2) is 8.03. The Morgan fingerprint density at radius 2 is 1.64 bits per heavy atom. The Labute approximate surface area is 132 Å². The molecule has 2 aromatic carbocycles. The molecule has 22 heavy (non-hydrogen) atoms. The van der Waals surface area contributed by atoms with Crippen LogP contribution in [0.15, 0.2) is 60.7 Å². The number of ether oxygens (including phenoxy) is 1. The second-order valence-corrected chi connectivity index (χ2v) is 4.56. The number of pyridine rings is 1. The summed E-state index contributed by atoms with van der Waals surface area (Å²) in [5.74, 6) is 0.846. The minimum atomic E-state index is 0.476. The number of hydrogen-bond donors (Lipinski definition) is 1. The lowest BCUT2D eigenvalue weighted by Crippen LogP contribution is -1.98. The summed E-state index contributed by atoms with van der Waals surface area (Å²) in [5.41, 5.74) is 3.00. The molecule has 0 aliphatic rings. The molecule has 1 heterocycles. The standard InChI is InChI=1S/C17H16N2O.C2H6/c1-18-14-8-10-16(11-9-14)20-12-15-7-6-13-4-2-3-5-17(13)19-15;1-2/h2-11,18H,12H2,1H3;1-2H3. The first kappa shape index (κ1) is 15.8. The molecule has 3 rings (SSSR count). The first-order valence-electron chi connectivity index (χ1n) is 7.60. The van der Waals surface area contributed by atoms with Crippen LogP contribution in [0.4, 0.5) is 5.69 Å². The number of hydrogen-bond acceptors (Lipinski definition) is 3. The number of fused-ring (bicyclic) bond motifs is 1. The van der Waals surface area contributed by atoms with E-state index in [9.17, 15) is 0 Å². The Balaban J connectivity index is 0.000000847. The monoisotopic (exact) mass is 294 g/mol. The number of benzene rings is 2. The van der Waals surface area contributed by atoms with Crippen LogP contribution in [0.3, 0.4) is 0 Å². The van der Waals surface area contributed by atoms with Crippen LogP contribution in [-0.2, 0) is 6.61 Å². The van der Waals surface area contributed by atoms with Crippen molar-refractivity contribution in [3.05, 3.63) is 66.4 Å². The predicted octanol–water partition coefficient (Wildman–Crippen LogP) is 4.88. The molecular formula is C19H22N2O. The Morgan fingerprint density at radius 3 is 2.36 bits per heavy atom. The van der Waals surface area contributed by atoms with Gasteiger partial charge >= 0.3 is 0 Å². The SMILES string of the molecule is CC.CNc1ccc(OCc2ccc3ccccc3n2)cc1. The first-order chi connectivity index (χ1) is 10.8. The lowest BCUT2D eigenvalue weighted by Gasteiger charge is -2.07. The van der Waals surface area contributed by atoms with Crippen molar-refractivity contribution < 1.29 is 4.74 Å². The maximum atomic E-state index is 5.75. The van der Waals surface area contributed by atoms with Gasteiger partial charge in [-0.2, -0.15) is 0 Å². The van der Waals surface area contributed by atoms with Gasteiger partial charge in [0.2, 0.25) is 0 Å². The Morgan fingerprint density at radius 1 is 0.909 bits per heavy atom. The van der Waals surface area contributed by atoms with E-state index in [-0.39, 0.29) is 0 Å². The zero-order chi connectivity index (χ0) is 15.8. The van der Waals surface area contributed by atoms with E-state index in [1.807, 2.05) is 69.4 Å². The predicted molar refractivity (Wildman–Crippen MR) is 93.4 cm³/mol. The van der Waals surface area contributed by atoms with Crippen LogP contribution in [0.25, 0.3) is 10.9 Å². The average molecular weight is 294 g/mol. The molecule has 0 saturated carbocycles. The van der Waals surface area contributed by atoms with Crippen molar-refractivity contribution >= 4 is 16.6 Å². The van der Waals surface area contributed by atoms with Gasteiger partial charge in [-0.1, -0.05) is 38.1 Å². The topological polar surface area (TPSA) is 34.1 Å². The molecule has 3 heteroatoms. The van der Waals surface area contributed by atoms with Gasteiger partial charge in [-0.05, 0) is 36.4 Å². The fourth-order valence-corrected chi connectivity index (χ4v) is 2.06. The van der Waals surface area contributed by atoms with Crippen molar-refractivity contribution in [3.8, 4) is 5.75 Å². The quantitative estimate of drug-likeness (QED) is 0.744. The van der Waals surface area contributed by atoms with Gasteiger partial charge in [-0.15, -0.1) is 0 Å². The van der Waals surface area contributed by atoms with Crippen LogP contribution in [0, 0.1) is 0 Å². The van der Waals surface area contributed by atoms with Gasteiger partial charge in [0.25, 0.3) is 0 Å². The highest BCUT2D eigenvalue weighted by Crippen LogP contribution is 2.17. The molecule has 0 bridgehead atoms. The molecule has 3 nitrogen and oxygen atoms in total. The van der Waals surface area contributed by atoms with Gasteiger partial charge in [0, 0.05) is 18.1 Å². The number of nitrogens with one attached hydrogen (secondary N) is 1. The second-order valence-electron chi connectivity index (χ2n) is 4.56. The molecule has 1 N–H and O–H groups in total. The van der Waals surface area contributed by atoms with E-state index >= 15 is 0 Å². The van der Waals surface area contributed by atoms with Gasteiger partial charge in [0.05, 0.1) is 11.2 Å². The fraction of sp³-hybridized carbons (Fsp3) is 0.211. The molecule has 0 radical (unpaired) electrons. The smallest absolute Gasteiger partial charge is 0.130 e. The Hall–Kier alpha value is -2.55. The van der Waals surface area contributed by atoms with E-state index < -0.39 is 0 Å². The molecule has 0 saturated heterocycles. The molecule has 0 fully saturated rings. The maximum absolute atomic E-state index is 5.75. The van der Waals surface area contributed by atoms with Crippen molar-refractivity contribution in [2.75, 3.05) is 12.4 Å². The molecule has 3 aromatic rings. The summed E-state index contributed by atoms with van der Waals surface area (Å²) in [6, 6.07) is 20.0. The highest BCUT2D eigenvalue weighted by Gasteiger charge is 2.00.